The van der Waals surface area contributed by atoms with Crippen LogP contribution in [0.15, 0.2) is 24.4 Å². The van der Waals surface area contributed by atoms with Crippen molar-refractivity contribution in [2.45, 2.75) is 19.9 Å². The van der Waals surface area contributed by atoms with E-state index in [1.165, 1.54) is 4.88 Å². The van der Waals surface area contributed by atoms with Gasteiger partial charge in [-0.25, -0.2) is 4.98 Å². The Labute approximate surface area is 115 Å². The van der Waals surface area contributed by atoms with E-state index in [2.05, 4.69) is 17.2 Å². The minimum Gasteiger partial charge on any atom is -0.378 e. The van der Waals surface area contributed by atoms with Crippen molar-refractivity contribution in [3.8, 4) is 0 Å². The largest absolute Gasteiger partial charge is 0.378 e. The Hall–Kier alpha value is -0.770. The number of hydrogen-bond donors (Lipinski definition) is 1. The molecule has 90 valence electrons. The Bertz CT molecular complexity index is 491. The molecule has 2 aromatic rings. The maximum absolute atomic E-state index is 6.07. The van der Waals surface area contributed by atoms with Crippen LogP contribution in [0.5, 0.6) is 0 Å². The van der Waals surface area contributed by atoms with Gasteiger partial charge in [-0.2, -0.15) is 0 Å². The number of anilines is 1. The second kappa shape index (κ2) is 5.71. The normalized spacial score (nSPS) is 10.5. The number of thiazole rings is 1. The number of benzene rings is 1. The molecule has 0 saturated heterocycles. The molecule has 1 heterocycles. The fourth-order valence-corrected chi connectivity index (χ4v) is 2.77. The number of nitrogens with one attached hydrogen (secondary N) is 1. The number of nitrogens with zero attached hydrogens (tertiary/aromatic N) is 1. The molecule has 17 heavy (non-hydrogen) atoms. The molecule has 0 saturated carbocycles. The first-order valence-corrected chi connectivity index (χ1v) is 6.89. The summed E-state index contributed by atoms with van der Waals surface area (Å²) in [5.41, 5.74) is 0.780. The first kappa shape index (κ1) is 12.7. The zero-order valence-electron chi connectivity index (χ0n) is 9.34. The molecular formula is C12H12Cl2N2S. The van der Waals surface area contributed by atoms with Crippen LogP contribution >= 0.6 is 34.5 Å². The SMILES string of the molecule is CCc1ncc(CNc2c(Cl)cccc2Cl)s1. The van der Waals surface area contributed by atoms with Crippen molar-refractivity contribution in [1.29, 1.82) is 0 Å². The lowest BCUT2D eigenvalue weighted by molar-refractivity contribution is 1.09. The van der Waals surface area contributed by atoms with Crippen molar-refractivity contribution in [3.05, 3.63) is 44.3 Å². The van der Waals surface area contributed by atoms with Gasteiger partial charge in [0.2, 0.25) is 0 Å². The smallest absolute Gasteiger partial charge is 0.0925 e. The van der Waals surface area contributed by atoms with Gasteiger partial charge in [0.15, 0.2) is 0 Å². The van der Waals surface area contributed by atoms with Crippen LogP contribution in [0.4, 0.5) is 5.69 Å². The molecule has 1 N–H and O–H groups in total. The highest BCUT2D eigenvalue weighted by atomic mass is 35.5. The second-order valence-electron chi connectivity index (χ2n) is 3.52. The van der Waals surface area contributed by atoms with Crippen LogP contribution in [0.1, 0.15) is 16.8 Å². The summed E-state index contributed by atoms with van der Waals surface area (Å²) in [5, 5.41) is 5.66. The number of aromatic nitrogens is 1. The van der Waals surface area contributed by atoms with Gasteiger partial charge >= 0.3 is 0 Å². The number of rotatable bonds is 4. The molecule has 1 aromatic heterocycles. The van der Waals surface area contributed by atoms with Crippen LogP contribution in [-0.2, 0) is 13.0 Å². The average Bonchev–Trinajstić information content (AvgIpc) is 2.76. The maximum atomic E-state index is 6.07. The molecule has 2 nitrogen and oxygen atoms in total. The van der Waals surface area contributed by atoms with E-state index in [1.807, 2.05) is 24.4 Å². The summed E-state index contributed by atoms with van der Waals surface area (Å²) in [5.74, 6) is 0. The van der Waals surface area contributed by atoms with Gasteiger partial charge in [-0.1, -0.05) is 36.2 Å². The fourth-order valence-electron chi connectivity index (χ4n) is 1.44. The lowest BCUT2D eigenvalue weighted by Gasteiger charge is -2.08. The predicted molar refractivity (Wildman–Crippen MR) is 75.3 cm³/mol. The predicted octanol–water partition coefficient (Wildman–Crippen LogP) is 4.62. The molecule has 5 heteroatoms. The Morgan fingerprint density at radius 1 is 1.29 bits per heavy atom. The highest BCUT2D eigenvalue weighted by Gasteiger charge is 2.06. The third kappa shape index (κ3) is 3.12. The van der Waals surface area contributed by atoms with Crippen LogP contribution in [0.2, 0.25) is 10.0 Å². The third-order valence-corrected chi connectivity index (χ3v) is 4.08. The van der Waals surface area contributed by atoms with Gasteiger partial charge < -0.3 is 5.32 Å². The van der Waals surface area contributed by atoms with E-state index in [-0.39, 0.29) is 0 Å². The average molecular weight is 287 g/mol. The van der Waals surface area contributed by atoms with E-state index in [0.717, 1.165) is 17.1 Å². The van der Waals surface area contributed by atoms with Crippen molar-refractivity contribution >= 4 is 40.2 Å². The highest BCUT2D eigenvalue weighted by molar-refractivity contribution is 7.11. The summed E-state index contributed by atoms with van der Waals surface area (Å²) in [6, 6.07) is 5.47. The number of halogens is 2. The molecular weight excluding hydrogens is 275 g/mol. The first-order valence-electron chi connectivity index (χ1n) is 5.32. The highest BCUT2D eigenvalue weighted by Crippen LogP contribution is 2.30. The second-order valence-corrected chi connectivity index (χ2v) is 5.54. The van der Waals surface area contributed by atoms with Gasteiger partial charge in [-0.15, -0.1) is 11.3 Å². The van der Waals surface area contributed by atoms with Crippen LogP contribution in [0.3, 0.4) is 0 Å². The van der Waals surface area contributed by atoms with E-state index >= 15 is 0 Å². The van der Waals surface area contributed by atoms with Crippen molar-refractivity contribution in [3.63, 3.8) is 0 Å². The summed E-state index contributed by atoms with van der Waals surface area (Å²) >= 11 is 13.8. The van der Waals surface area contributed by atoms with Crippen LogP contribution < -0.4 is 5.32 Å². The minimum atomic E-state index is 0.637. The molecule has 0 unspecified atom stereocenters. The summed E-state index contributed by atoms with van der Waals surface area (Å²) < 4.78 is 0. The molecule has 1 aromatic carbocycles. The van der Waals surface area contributed by atoms with Gasteiger partial charge in [0.05, 0.1) is 27.3 Å². The minimum absolute atomic E-state index is 0.637. The topological polar surface area (TPSA) is 24.9 Å². The molecule has 0 aliphatic carbocycles. The van der Waals surface area contributed by atoms with Crippen LogP contribution in [0.25, 0.3) is 0 Å². The van der Waals surface area contributed by atoms with Gasteiger partial charge in [-0.3, -0.25) is 0 Å². The molecule has 0 radical (unpaired) electrons. The molecule has 0 aliphatic rings. The van der Waals surface area contributed by atoms with Crippen LogP contribution in [0, 0.1) is 0 Å². The van der Waals surface area contributed by atoms with Gasteiger partial charge in [0, 0.05) is 11.1 Å². The Balaban J connectivity index is 2.07. The third-order valence-electron chi connectivity index (χ3n) is 2.31. The summed E-state index contributed by atoms with van der Waals surface area (Å²) in [6.07, 6.45) is 2.86. The zero-order chi connectivity index (χ0) is 12.3. The molecule has 0 spiro atoms. The lowest BCUT2D eigenvalue weighted by atomic mass is 10.3. The van der Waals surface area contributed by atoms with Crippen LogP contribution in [-0.4, -0.2) is 4.98 Å². The van der Waals surface area contributed by atoms with E-state index in [1.54, 1.807) is 11.3 Å². The van der Waals surface area contributed by atoms with Crippen molar-refractivity contribution < 1.29 is 0 Å². The molecule has 2 rings (SSSR count). The quantitative estimate of drug-likeness (QED) is 0.887. The molecule has 0 atom stereocenters. The first-order chi connectivity index (χ1) is 8.20. The van der Waals surface area contributed by atoms with Crippen molar-refractivity contribution in [1.82, 2.24) is 4.98 Å². The lowest BCUT2D eigenvalue weighted by Crippen LogP contribution is -1.98. The van der Waals surface area contributed by atoms with Crippen molar-refractivity contribution in [2.24, 2.45) is 0 Å². The maximum Gasteiger partial charge on any atom is 0.0925 e. The fraction of sp³-hybridized carbons (Fsp3) is 0.250. The van der Waals surface area contributed by atoms with Gasteiger partial charge in [0.25, 0.3) is 0 Å². The monoisotopic (exact) mass is 286 g/mol. The van der Waals surface area contributed by atoms with Gasteiger partial charge in [0.1, 0.15) is 0 Å². The summed E-state index contributed by atoms with van der Waals surface area (Å²) in [6.45, 7) is 2.79. The van der Waals surface area contributed by atoms with E-state index < -0.39 is 0 Å². The standard InChI is InChI=1S/C12H12Cl2N2S/c1-2-11-15-6-8(17-11)7-16-12-9(13)4-3-5-10(12)14/h3-6,16H,2,7H2,1H3. The van der Waals surface area contributed by atoms with Crippen molar-refractivity contribution in [2.75, 3.05) is 5.32 Å². The summed E-state index contributed by atoms with van der Waals surface area (Å²) in [4.78, 5) is 5.48. The zero-order valence-corrected chi connectivity index (χ0v) is 11.7. The molecule has 0 bridgehead atoms. The summed E-state index contributed by atoms with van der Waals surface area (Å²) in [7, 11) is 0. The van der Waals surface area contributed by atoms with Gasteiger partial charge in [-0.05, 0) is 18.6 Å². The van der Waals surface area contributed by atoms with E-state index in [4.69, 9.17) is 23.2 Å². The molecule has 0 amide bonds. The van der Waals surface area contributed by atoms with E-state index in [0.29, 0.717) is 16.6 Å². The number of aryl methyl sites for hydroxylation is 1. The number of para-hydroxylation sites is 1. The Morgan fingerprint density at radius 3 is 2.59 bits per heavy atom. The molecule has 0 aliphatic heterocycles. The molecule has 0 fully saturated rings. The Kier molecular flexibility index (Phi) is 4.26. The number of hydrogen-bond acceptors (Lipinski definition) is 3. The van der Waals surface area contributed by atoms with E-state index in [9.17, 15) is 0 Å². The Morgan fingerprint density at radius 2 is 2.00 bits per heavy atom.